The molecule has 25 heavy (non-hydrogen) atoms. The lowest BCUT2D eigenvalue weighted by atomic mass is 10.2. The van der Waals surface area contributed by atoms with E-state index in [4.69, 9.17) is 0 Å². The number of para-hydroxylation sites is 1. The van der Waals surface area contributed by atoms with Crippen molar-refractivity contribution in [2.24, 2.45) is 0 Å². The molecule has 0 saturated heterocycles. The van der Waals surface area contributed by atoms with Gasteiger partial charge in [-0.3, -0.25) is 4.79 Å². The van der Waals surface area contributed by atoms with Crippen LogP contribution in [0.2, 0.25) is 0 Å². The minimum absolute atomic E-state index is 0.0139. The normalized spacial score (nSPS) is 10.6. The molecule has 128 valence electrons. The third-order valence-corrected chi connectivity index (χ3v) is 4.87. The molecule has 0 unspecified atom stereocenters. The fourth-order valence-corrected chi connectivity index (χ4v) is 3.62. The predicted octanol–water partition coefficient (Wildman–Crippen LogP) is 4.59. The van der Waals surface area contributed by atoms with Gasteiger partial charge in [-0.25, -0.2) is 4.68 Å². The monoisotopic (exact) mass is 416 g/mol. The van der Waals surface area contributed by atoms with Crippen molar-refractivity contribution in [3.8, 4) is 0 Å². The van der Waals surface area contributed by atoms with E-state index in [1.165, 1.54) is 11.8 Å². The number of amides is 1. The number of halogens is 1. The molecule has 1 heterocycles. The van der Waals surface area contributed by atoms with Crippen LogP contribution in [0.4, 0.5) is 5.69 Å². The first-order chi connectivity index (χ1) is 12.2. The Morgan fingerprint density at radius 3 is 2.64 bits per heavy atom. The molecule has 0 radical (unpaired) electrons. The molecule has 0 aliphatic rings. The lowest BCUT2D eigenvalue weighted by Crippen LogP contribution is -2.10. The maximum Gasteiger partial charge on any atom is 0.224 e. The number of nitrogens with one attached hydrogen (secondary N) is 1. The second kappa shape index (κ2) is 8.31. The summed E-state index contributed by atoms with van der Waals surface area (Å²) in [7, 11) is 0. The first-order valence-corrected chi connectivity index (χ1v) is 9.47. The number of rotatable bonds is 6. The number of carbonyl (C=O) groups is 1. The molecule has 0 bridgehead atoms. The van der Waals surface area contributed by atoms with Crippen molar-refractivity contribution in [1.29, 1.82) is 0 Å². The molecule has 3 aromatic rings. The molecule has 0 fully saturated rings. The molecular formula is C18H17BrN4OS. The SMILES string of the molecule is CCC(=O)Nc1ccccc1Sc1nc(Br)nn1Cc1ccccc1. The van der Waals surface area contributed by atoms with E-state index in [-0.39, 0.29) is 5.91 Å². The zero-order chi connectivity index (χ0) is 17.6. The van der Waals surface area contributed by atoms with Crippen LogP contribution in [0.15, 0.2) is 69.4 Å². The Kier molecular flexibility index (Phi) is 5.88. The third-order valence-electron chi connectivity index (χ3n) is 3.47. The Balaban J connectivity index is 1.85. The zero-order valence-electron chi connectivity index (χ0n) is 13.6. The molecule has 3 rings (SSSR count). The first-order valence-electron chi connectivity index (χ1n) is 7.86. The summed E-state index contributed by atoms with van der Waals surface area (Å²) < 4.78 is 2.39. The highest BCUT2D eigenvalue weighted by Gasteiger charge is 2.13. The van der Waals surface area contributed by atoms with Gasteiger partial charge in [0.15, 0.2) is 5.16 Å². The second-order valence-electron chi connectivity index (χ2n) is 5.31. The van der Waals surface area contributed by atoms with Crippen LogP contribution in [0.5, 0.6) is 0 Å². The zero-order valence-corrected chi connectivity index (χ0v) is 16.0. The lowest BCUT2D eigenvalue weighted by molar-refractivity contribution is -0.115. The van der Waals surface area contributed by atoms with E-state index in [9.17, 15) is 4.79 Å². The van der Waals surface area contributed by atoms with Gasteiger partial charge in [-0.15, -0.1) is 5.10 Å². The van der Waals surface area contributed by atoms with Crippen LogP contribution in [0.25, 0.3) is 0 Å². The molecule has 0 saturated carbocycles. The van der Waals surface area contributed by atoms with Gasteiger partial charge in [-0.05, 0) is 45.4 Å². The Morgan fingerprint density at radius 2 is 1.88 bits per heavy atom. The van der Waals surface area contributed by atoms with Gasteiger partial charge in [-0.2, -0.15) is 4.98 Å². The molecule has 0 atom stereocenters. The molecule has 0 aliphatic heterocycles. The van der Waals surface area contributed by atoms with E-state index in [0.29, 0.717) is 17.7 Å². The first kappa shape index (κ1) is 17.7. The van der Waals surface area contributed by atoms with Crippen molar-refractivity contribution in [2.75, 3.05) is 5.32 Å². The average Bonchev–Trinajstić information content (AvgIpc) is 2.96. The number of hydrogen-bond acceptors (Lipinski definition) is 4. The van der Waals surface area contributed by atoms with Crippen LogP contribution in [0.3, 0.4) is 0 Å². The summed E-state index contributed by atoms with van der Waals surface area (Å²) in [4.78, 5) is 17.1. The van der Waals surface area contributed by atoms with E-state index < -0.39 is 0 Å². The fraction of sp³-hybridized carbons (Fsp3) is 0.167. The Morgan fingerprint density at radius 1 is 1.16 bits per heavy atom. The summed E-state index contributed by atoms with van der Waals surface area (Å²) in [5.41, 5.74) is 1.93. The van der Waals surface area contributed by atoms with Crippen molar-refractivity contribution in [3.05, 3.63) is 64.9 Å². The largest absolute Gasteiger partial charge is 0.325 e. The molecule has 5 nitrogen and oxygen atoms in total. The summed E-state index contributed by atoms with van der Waals surface area (Å²) >= 11 is 4.83. The van der Waals surface area contributed by atoms with Crippen molar-refractivity contribution in [2.45, 2.75) is 29.9 Å². The summed E-state index contributed by atoms with van der Waals surface area (Å²) in [5, 5.41) is 8.11. The van der Waals surface area contributed by atoms with Gasteiger partial charge in [0, 0.05) is 11.3 Å². The van der Waals surface area contributed by atoms with E-state index in [1.54, 1.807) is 0 Å². The highest BCUT2D eigenvalue weighted by atomic mass is 79.9. The molecule has 1 amide bonds. The predicted molar refractivity (Wildman–Crippen MR) is 103 cm³/mol. The molecule has 1 N–H and O–H groups in total. The third kappa shape index (κ3) is 4.70. The molecule has 7 heteroatoms. The number of carbonyl (C=O) groups excluding carboxylic acids is 1. The Hall–Kier alpha value is -2.12. The van der Waals surface area contributed by atoms with Gasteiger partial charge < -0.3 is 5.32 Å². The maximum absolute atomic E-state index is 11.7. The van der Waals surface area contributed by atoms with Crippen LogP contribution >= 0.6 is 27.7 Å². The van der Waals surface area contributed by atoms with Gasteiger partial charge >= 0.3 is 0 Å². The van der Waals surface area contributed by atoms with Crippen molar-refractivity contribution in [1.82, 2.24) is 14.8 Å². The summed E-state index contributed by atoms with van der Waals surface area (Å²) in [6.07, 6.45) is 0.439. The molecular weight excluding hydrogens is 400 g/mol. The van der Waals surface area contributed by atoms with Gasteiger partial charge in [0.05, 0.1) is 12.2 Å². The van der Waals surface area contributed by atoms with Crippen molar-refractivity contribution < 1.29 is 4.79 Å². The van der Waals surface area contributed by atoms with Crippen molar-refractivity contribution >= 4 is 39.3 Å². The van der Waals surface area contributed by atoms with E-state index in [2.05, 4.69) is 43.5 Å². The van der Waals surface area contributed by atoms with Gasteiger partial charge in [0.1, 0.15) is 0 Å². The highest BCUT2D eigenvalue weighted by molar-refractivity contribution is 9.10. The number of nitrogens with zero attached hydrogens (tertiary/aromatic N) is 3. The average molecular weight is 417 g/mol. The number of hydrogen-bond donors (Lipinski definition) is 1. The van der Waals surface area contributed by atoms with Crippen LogP contribution in [0, 0.1) is 0 Å². The van der Waals surface area contributed by atoms with Gasteiger partial charge in [0.25, 0.3) is 0 Å². The van der Waals surface area contributed by atoms with E-state index in [0.717, 1.165) is 21.3 Å². The highest BCUT2D eigenvalue weighted by Crippen LogP contribution is 2.33. The quantitative estimate of drug-likeness (QED) is 0.638. The summed E-state index contributed by atoms with van der Waals surface area (Å²) in [5.74, 6) is -0.0139. The Labute approximate surface area is 159 Å². The van der Waals surface area contributed by atoms with Crippen molar-refractivity contribution in [3.63, 3.8) is 0 Å². The standard InChI is InChI=1S/C18H17BrN4OS/c1-2-16(24)20-14-10-6-7-11-15(14)25-18-21-17(19)22-23(18)12-13-8-4-3-5-9-13/h3-11H,2,12H2,1H3,(H,20,24). The minimum Gasteiger partial charge on any atom is -0.325 e. The van der Waals surface area contributed by atoms with Crippen LogP contribution in [0.1, 0.15) is 18.9 Å². The number of anilines is 1. The van der Waals surface area contributed by atoms with Crippen LogP contribution < -0.4 is 5.32 Å². The second-order valence-corrected chi connectivity index (χ2v) is 7.02. The molecule has 0 spiro atoms. The minimum atomic E-state index is -0.0139. The van der Waals surface area contributed by atoms with Crippen LogP contribution in [-0.2, 0) is 11.3 Å². The molecule has 0 aliphatic carbocycles. The lowest BCUT2D eigenvalue weighted by Gasteiger charge is -2.10. The van der Waals surface area contributed by atoms with Crippen LogP contribution in [-0.4, -0.2) is 20.7 Å². The van der Waals surface area contributed by atoms with E-state index >= 15 is 0 Å². The van der Waals surface area contributed by atoms with Gasteiger partial charge in [-0.1, -0.05) is 49.4 Å². The number of aromatic nitrogens is 3. The summed E-state index contributed by atoms with van der Waals surface area (Å²) in [6, 6.07) is 17.8. The summed E-state index contributed by atoms with van der Waals surface area (Å²) in [6.45, 7) is 2.46. The Bertz CT molecular complexity index is 867. The van der Waals surface area contributed by atoms with Gasteiger partial charge in [0.2, 0.25) is 10.6 Å². The maximum atomic E-state index is 11.7. The van der Waals surface area contributed by atoms with E-state index in [1.807, 2.05) is 54.1 Å². The number of benzene rings is 2. The molecule has 2 aromatic carbocycles. The fourth-order valence-electron chi connectivity index (χ4n) is 2.23. The smallest absolute Gasteiger partial charge is 0.224 e. The topological polar surface area (TPSA) is 59.8 Å². The molecule has 1 aromatic heterocycles.